The van der Waals surface area contributed by atoms with Crippen molar-refractivity contribution in [1.82, 2.24) is 19.9 Å². The lowest BCUT2D eigenvalue weighted by Gasteiger charge is -2.20. The van der Waals surface area contributed by atoms with Gasteiger partial charge in [-0.1, -0.05) is 25.1 Å². The summed E-state index contributed by atoms with van der Waals surface area (Å²) in [5.74, 6) is 0.991. The van der Waals surface area contributed by atoms with Crippen LogP contribution in [0.4, 0.5) is 4.39 Å². The number of halogens is 1. The molecule has 7 heteroatoms. The van der Waals surface area contributed by atoms with Gasteiger partial charge in [0.05, 0.1) is 6.04 Å². The van der Waals surface area contributed by atoms with E-state index in [2.05, 4.69) is 15.5 Å². The number of benzene rings is 1. The first-order valence-corrected chi connectivity index (χ1v) is 10.3. The van der Waals surface area contributed by atoms with Crippen LogP contribution in [-0.4, -0.2) is 32.5 Å². The van der Waals surface area contributed by atoms with Gasteiger partial charge in [-0.2, -0.15) is 11.8 Å². The van der Waals surface area contributed by atoms with Gasteiger partial charge in [-0.3, -0.25) is 9.20 Å². The van der Waals surface area contributed by atoms with Crippen LogP contribution in [0.2, 0.25) is 0 Å². The number of hydrogen-bond acceptors (Lipinski definition) is 4. The first-order chi connectivity index (χ1) is 13.1. The molecule has 1 amide bonds. The standard InChI is InChI=1S/C20H23FN4OS/c1-14(12-15-6-5-7-16(21)13-15)20(26)22-17(9-11-27-2)19-24-23-18-8-3-4-10-25(18)19/h3-8,10,13-14,17H,9,11-12H2,1-2H3,(H,22,26). The summed E-state index contributed by atoms with van der Waals surface area (Å²) in [5, 5.41) is 11.6. The molecule has 2 aromatic heterocycles. The second-order valence-corrected chi connectivity index (χ2v) is 7.55. The summed E-state index contributed by atoms with van der Waals surface area (Å²) in [7, 11) is 0. The van der Waals surface area contributed by atoms with E-state index in [1.165, 1.54) is 12.1 Å². The van der Waals surface area contributed by atoms with Crippen LogP contribution in [0.1, 0.15) is 30.8 Å². The molecule has 2 heterocycles. The van der Waals surface area contributed by atoms with Crippen molar-refractivity contribution in [3.05, 3.63) is 65.9 Å². The van der Waals surface area contributed by atoms with Crippen molar-refractivity contribution in [2.75, 3.05) is 12.0 Å². The normalized spacial score (nSPS) is 13.4. The van der Waals surface area contributed by atoms with Gasteiger partial charge in [-0.15, -0.1) is 10.2 Å². The maximum absolute atomic E-state index is 13.4. The Balaban J connectivity index is 1.74. The average Bonchev–Trinajstić information content (AvgIpc) is 3.09. The third kappa shape index (κ3) is 4.86. The Morgan fingerprint density at radius 3 is 2.89 bits per heavy atom. The van der Waals surface area contributed by atoms with E-state index in [0.717, 1.165) is 29.2 Å². The number of hydrogen-bond donors (Lipinski definition) is 1. The molecular weight excluding hydrogens is 363 g/mol. The number of thioether (sulfide) groups is 1. The molecule has 142 valence electrons. The molecule has 0 saturated carbocycles. The Kier molecular flexibility index (Phi) is 6.45. The first kappa shape index (κ1) is 19.4. The topological polar surface area (TPSA) is 59.3 Å². The van der Waals surface area contributed by atoms with E-state index in [0.29, 0.717) is 6.42 Å². The van der Waals surface area contributed by atoms with Crippen molar-refractivity contribution in [2.45, 2.75) is 25.8 Å². The van der Waals surface area contributed by atoms with Gasteiger partial charge in [-0.05, 0) is 54.7 Å². The Bertz CT molecular complexity index is 914. The van der Waals surface area contributed by atoms with Crippen LogP contribution < -0.4 is 5.32 Å². The highest BCUT2D eigenvalue weighted by Crippen LogP contribution is 2.20. The first-order valence-electron chi connectivity index (χ1n) is 8.92. The maximum Gasteiger partial charge on any atom is 0.223 e. The summed E-state index contributed by atoms with van der Waals surface area (Å²) in [6, 6.07) is 11.9. The van der Waals surface area contributed by atoms with Crippen LogP contribution in [0.5, 0.6) is 0 Å². The molecule has 0 radical (unpaired) electrons. The molecule has 27 heavy (non-hydrogen) atoms. The Morgan fingerprint density at radius 2 is 2.11 bits per heavy atom. The summed E-state index contributed by atoms with van der Waals surface area (Å²) >= 11 is 1.72. The smallest absolute Gasteiger partial charge is 0.223 e. The van der Waals surface area contributed by atoms with Crippen LogP contribution >= 0.6 is 11.8 Å². The third-order valence-corrected chi connectivity index (χ3v) is 5.10. The van der Waals surface area contributed by atoms with E-state index in [1.54, 1.807) is 17.8 Å². The molecule has 0 spiro atoms. The van der Waals surface area contributed by atoms with Crippen molar-refractivity contribution in [3.8, 4) is 0 Å². The van der Waals surface area contributed by atoms with Crippen LogP contribution in [-0.2, 0) is 11.2 Å². The minimum Gasteiger partial charge on any atom is -0.346 e. The lowest BCUT2D eigenvalue weighted by molar-refractivity contribution is -0.125. The second-order valence-electron chi connectivity index (χ2n) is 6.56. The van der Waals surface area contributed by atoms with E-state index < -0.39 is 0 Å². The van der Waals surface area contributed by atoms with E-state index in [1.807, 2.05) is 48.0 Å². The number of amides is 1. The molecule has 1 aromatic carbocycles. The predicted molar refractivity (Wildman–Crippen MR) is 106 cm³/mol. The molecule has 3 rings (SSSR count). The lowest BCUT2D eigenvalue weighted by atomic mass is 9.99. The predicted octanol–water partition coefficient (Wildman–Crippen LogP) is 3.66. The second kappa shape index (κ2) is 8.99. The molecule has 0 aliphatic heterocycles. The molecule has 0 bridgehead atoms. The van der Waals surface area contributed by atoms with Crippen molar-refractivity contribution < 1.29 is 9.18 Å². The fraction of sp³-hybridized carbons (Fsp3) is 0.350. The van der Waals surface area contributed by atoms with Crippen LogP contribution in [0.15, 0.2) is 48.7 Å². The zero-order valence-corrected chi connectivity index (χ0v) is 16.2. The molecule has 3 aromatic rings. The van der Waals surface area contributed by atoms with Gasteiger partial charge in [0.1, 0.15) is 5.82 Å². The van der Waals surface area contributed by atoms with Gasteiger partial charge in [0.15, 0.2) is 11.5 Å². The lowest BCUT2D eigenvalue weighted by Crippen LogP contribution is -2.35. The minimum atomic E-state index is -0.284. The van der Waals surface area contributed by atoms with Gasteiger partial charge in [0.2, 0.25) is 5.91 Å². The van der Waals surface area contributed by atoms with Gasteiger partial charge in [0.25, 0.3) is 0 Å². The van der Waals surface area contributed by atoms with Crippen molar-refractivity contribution in [1.29, 1.82) is 0 Å². The highest BCUT2D eigenvalue weighted by Gasteiger charge is 2.23. The summed E-state index contributed by atoms with van der Waals surface area (Å²) < 4.78 is 15.3. The number of aromatic nitrogens is 3. The number of carbonyl (C=O) groups is 1. The molecule has 0 saturated heterocycles. The number of nitrogens with one attached hydrogen (secondary N) is 1. The zero-order chi connectivity index (χ0) is 19.2. The number of carbonyl (C=O) groups excluding carboxylic acids is 1. The van der Waals surface area contributed by atoms with Crippen LogP contribution in [0, 0.1) is 11.7 Å². The average molecular weight is 386 g/mol. The molecule has 1 N–H and O–H groups in total. The largest absolute Gasteiger partial charge is 0.346 e. The van der Waals surface area contributed by atoms with Gasteiger partial charge in [-0.25, -0.2) is 4.39 Å². The number of fused-ring (bicyclic) bond motifs is 1. The summed E-state index contributed by atoms with van der Waals surface area (Å²) in [6.07, 6.45) is 5.18. The molecule has 0 fully saturated rings. The molecule has 0 aliphatic carbocycles. The Hall–Kier alpha value is -2.41. The summed E-state index contributed by atoms with van der Waals surface area (Å²) in [4.78, 5) is 12.8. The summed E-state index contributed by atoms with van der Waals surface area (Å²) in [5.41, 5.74) is 1.56. The number of pyridine rings is 1. The molecular formula is C20H23FN4OS. The monoisotopic (exact) mass is 386 g/mol. The quantitative estimate of drug-likeness (QED) is 0.642. The Labute approximate surface area is 162 Å². The molecule has 2 unspecified atom stereocenters. The van der Waals surface area contributed by atoms with Crippen molar-refractivity contribution in [2.24, 2.45) is 5.92 Å². The van der Waals surface area contributed by atoms with Crippen molar-refractivity contribution in [3.63, 3.8) is 0 Å². The number of rotatable bonds is 8. The highest BCUT2D eigenvalue weighted by molar-refractivity contribution is 7.98. The number of nitrogens with zero attached hydrogens (tertiary/aromatic N) is 3. The summed E-state index contributed by atoms with van der Waals surface area (Å²) in [6.45, 7) is 1.85. The molecule has 5 nitrogen and oxygen atoms in total. The van der Waals surface area contributed by atoms with E-state index >= 15 is 0 Å². The highest BCUT2D eigenvalue weighted by atomic mass is 32.2. The SMILES string of the molecule is CSCCC(NC(=O)C(C)Cc1cccc(F)c1)c1nnc2ccccn12. The third-order valence-electron chi connectivity index (χ3n) is 4.46. The fourth-order valence-corrected chi connectivity index (χ4v) is 3.49. The van der Waals surface area contributed by atoms with Gasteiger partial charge < -0.3 is 5.32 Å². The van der Waals surface area contributed by atoms with E-state index in [9.17, 15) is 9.18 Å². The Morgan fingerprint density at radius 1 is 1.26 bits per heavy atom. The minimum absolute atomic E-state index is 0.0713. The van der Waals surface area contributed by atoms with Gasteiger partial charge in [0, 0.05) is 12.1 Å². The van der Waals surface area contributed by atoms with E-state index in [-0.39, 0.29) is 23.7 Å². The van der Waals surface area contributed by atoms with Gasteiger partial charge >= 0.3 is 0 Å². The fourth-order valence-electron chi connectivity index (χ4n) is 3.02. The van der Waals surface area contributed by atoms with E-state index in [4.69, 9.17) is 0 Å². The van der Waals surface area contributed by atoms with Crippen molar-refractivity contribution >= 4 is 23.3 Å². The maximum atomic E-state index is 13.4. The zero-order valence-electron chi connectivity index (χ0n) is 15.4. The van der Waals surface area contributed by atoms with Crippen LogP contribution in [0.3, 0.4) is 0 Å². The van der Waals surface area contributed by atoms with Crippen LogP contribution in [0.25, 0.3) is 5.65 Å². The molecule has 2 atom stereocenters. The molecule has 0 aliphatic rings.